The van der Waals surface area contributed by atoms with Crippen LogP contribution in [0.4, 0.5) is 4.79 Å². The number of alkyl carbamates (subject to hydrolysis) is 1. The predicted octanol–water partition coefficient (Wildman–Crippen LogP) is 1.39. The Morgan fingerprint density at radius 2 is 2.11 bits per heavy atom. The number of carboxylic acid groups (broad SMARTS) is 1. The zero-order valence-corrected chi connectivity index (χ0v) is 11.1. The Labute approximate surface area is 107 Å². The van der Waals surface area contributed by atoms with E-state index in [0.29, 0.717) is 13.2 Å². The van der Waals surface area contributed by atoms with Crippen molar-refractivity contribution in [3.8, 4) is 0 Å². The molecule has 0 aliphatic carbocycles. The fourth-order valence-electron chi connectivity index (χ4n) is 1.84. The molecule has 1 saturated heterocycles. The molecular formula is C12H21NO5. The van der Waals surface area contributed by atoms with Crippen molar-refractivity contribution in [3.63, 3.8) is 0 Å². The van der Waals surface area contributed by atoms with E-state index >= 15 is 0 Å². The van der Waals surface area contributed by atoms with Gasteiger partial charge in [-0.2, -0.15) is 0 Å². The molecular weight excluding hydrogens is 238 g/mol. The summed E-state index contributed by atoms with van der Waals surface area (Å²) in [6.07, 6.45) is 0.831. The van der Waals surface area contributed by atoms with E-state index in [2.05, 4.69) is 5.32 Å². The topological polar surface area (TPSA) is 84.9 Å². The molecule has 1 heterocycles. The van der Waals surface area contributed by atoms with E-state index in [1.165, 1.54) is 0 Å². The average molecular weight is 259 g/mol. The normalized spacial score (nSPS) is 22.1. The first-order chi connectivity index (χ1) is 8.29. The van der Waals surface area contributed by atoms with Gasteiger partial charge >= 0.3 is 12.1 Å². The second-order valence-electron chi connectivity index (χ2n) is 5.44. The molecule has 0 saturated carbocycles. The van der Waals surface area contributed by atoms with Crippen molar-refractivity contribution in [1.29, 1.82) is 0 Å². The van der Waals surface area contributed by atoms with Crippen molar-refractivity contribution >= 4 is 12.1 Å². The number of hydrogen-bond acceptors (Lipinski definition) is 4. The number of carboxylic acids is 1. The van der Waals surface area contributed by atoms with E-state index in [-0.39, 0.29) is 5.92 Å². The minimum atomic E-state index is -1.06. The first-order valence-corrected chi connectivity index (χ1v) is 6.09. The summed E-state index contributed by atoms with van der Waals surface area (Å²) in [6, 6.07) is -0.958. The molecule has 2 N–H and O–H groups in total. The van der Waals surface area contributed by atoms with Gasteiger partial charge in [0.1, 0.15) is 11.6 Å². The van der Waals surface area contributed by atoms with E-state index in [0.717, 1.165) is 12.8 Å². The summed E-state index contributed by atoms with van der Waals surface area (Å²) in [5, 5.41) is 11.5. The van der Waals surface area contributed by atoms with Gasteiger partial charge in [0.25, 0.3) is 0 Å². The number of amides is 1. The number of ether oxygens (including phenoxy) is 2. The minimum absolute atomic E-state index is 0.205. The third-order valence-corrected chi connectivity index (χ3v) is 2.61. The van der Waals surface area contributed by atoms with Crippen LogP contribution in [0.1, 0.15) is 33.6 Å². The van der Waals surface area contributed by atoms with Gasteiger partial charge in [-0.25, -0.2) is 9.59 Å². The lowest BCUT2D eigenvalue weighted by molar-refractivity contribution is -0.142. The highest BCUT2D eigenvalue weighted by Crippen LogP contribution is 2.18. The maximum Gasteiger partial charge on any atom is 0.408 e. The molecule has 1 aliphatic rings. The average Bonchev–Trinajstić information content (AvgIpc) is 2.24. The Morgan fingerprint density at radius 3 is 2.56 bits per heavy atom. The molecule has 2 atom stereocenters. The van der Waals surface area contributed by atoms with Crippen molar-refractivity contribution < 1.29 is 24.2 Å². The van der Waals surface area contributed by atoms with Crippen LogP contribution < -0.4 is 5.32 Å². The van der Waals surface area contributed by atoms with Gasteiger partial charge in [-0.05, 0) is 33.6 Å². The first-order valence-electron chi connectivity index (χ1n) is 6.09. The van der Waals surface area contributed by atoms with Crippen LogP contribution in [0.3, 0.4) is 0 Å². The molecule has 6 nitrogen and oxygen atoms in total. The Balaban J connectivity index is 2.57. The van der Waals surface area contributed by atoms with Crippen LogP contribution in [-0.2, 0) is 14.3 Å². The van der Waals surface area contributed by atoms with Gasteiger partial charge in [-0.3, -0.25) is 0 Å². The molecule has 18 heavy (non-hydrogen) atoms. The summed E-state index contributed by atoms with van der Waals surface area (Å²) < 4.78 is 10.3. The van der Waals surface area contributed by atoms with Gasteiger partial charge in [0.05, 0.1) is 6.61 Å². The molecule has 2 unspecified atom stereocenters. The lowest BCUT2D eigenvalue weighted by Crippen LogP contribution is -2.49. The standard InChI is InChI=1S/C12H21NO5/c1-12(2,3)18-11(16)13-9(10(14)15)8-5-4-6-17-7-8/h8-9H,4-7H2,1-3H3,(H,13,16)(H,14,15). The second-order valence-corrected chi connectivity index (χ2v) is 5.44. The van der Waals surface area contributed by atoms with Crippen molar-refractivity contribution in [2.45, 2.75) is 45.3 Å². The van der Waals surface area contributed by atoms with Crippen LogP contribution in [0.15, 0.2) is 0 Å². The SMILES string of the molecule is CC(C)(C)OC(=O)NC(C(=O)O)C1CCCOC1. The molecule has 0 aromatic carbocycles. The van der Waals surface area contributed by atoms with Crippen LogP contribution in [-0.4, -0.2) is 42.0 Å². The van der Waals surface area contributed by atoms with Gasteiger partial charge in [0, 0.05) is 12.5 Å². The number of nitrogens with one attached hydrogen (secondary N) is 1. The van der Waals surface area contributed by atoms with E-state index in [1.54, 1.807) is 20.8 Å². The summed E-state index contributed by atoms with van der Waals surface area (Å²) in [5.74, 6) is -1.26. The minimum Gasteiger partial charge on any atom is -0.480 e. The quantitative estimate of drug-likeness (QED) is 0.800. The predicted molar refractivity (Wildman–Crippen MR) is 64.3 cm³/mol. The van der Waals surface area contributed by atoms with Crippen molar-refractivity contribution in [1.82, 2.24) is 5.32 Å². The highest BCUT2D eigenvalue weighted by molar-refractivity contribution is 5.80. The summed E-state index contributed by atoms with van der Waals surface area (Å²) in [6.45, 7) is 6.19. The van der Waals surface area contributed by atoms with Gasteiger partial charge in [0.2, 0.25) is 0 Å². The summed E-state index contributed by atoms with van der Waals surface area (Å²) in [4.78, 5) is 22.8. The molecule has 1 fully saturated rings. The van der Waals surface area contributed by atoms with Gasteiger partial charge in [0.15, 0.2) is 0 Å². The first kappa shape index (κ1) is 14.8. The Kier molecular flexibility index (Phi) is 4.95. The van der Waals surface area contributed by atoms with Crippen molar-refractivity contribution in [2.75, 3.05) is 13.2 Å². The van der Waals surface area contributed by atoms with Crippen LogP contribution >= 0.6 is 0 Å². The summed E-state index contributed by atoms with van der Waals surface area (Å²) in [5.41, 5.74) is -0.643. The van der Waals surface area contributed by atoms with E-state index in [9.17, 15) is 9.59 Å². The fourth-order valence-corrected chi connectivity index (χ4v) is 1.84. The zero-order chi connectivity index (χ0) is 13.8. The molecule has 0 aromatic heterocycles. The highest BCUT2D eigenvalue weighted by Gasteiger charge is 2.32. The highest BCUT2D eigenvalue weighted by atomic mass is 16.6. The largest absolute Gasteiger partial charge is 0.480 e. The lowest BCUT2D eigenvalue weighted by Gasteiger charge is -2.29. The molecule has 0 aromatic rings. The molecule has 0 bridgehead atoms. The van der Waals surface area contributed by atoms with E-state index in [1.807, 2.05) is 0 Å². The number of aliphatic carboxylic acids is 1. The molecule has 1 rings (SSSR count). The summed E-state index contributed by atoms with van der Waals surface area (Å²) >= 11 is 0. The van der Waals surface area contributed by atoms with Crippen molar-refractivity contribution in [3.05, 3.63) is 0 Å². The van der Waals surface area contributed by atoms with Gasteiger partial charge in [-0.15, -0.1) is 0 Å². The number of hydrogen-bond donors (Lipinski definition) is 2. The van der Waals surface area contributed by atoms with Gasteiger partial charge < -0.3 is 19.9 Å². The van der Waals surface area contributed by atoms with Crippen molar-refractivity contribution in [2.24, 2.45) is 5.92 Å². The monoisotopic (exact) mass is 259 g/mol. The lowest BCUT2D eigenvalue weighted by atomic mass is 9.94. The molecule has 6 heteroatoms. The molecule has 0 radical (unpaired) electrons. The summed E-state index contributed by atoms with van der Waals surface area (Å²) in [7, 11) is 0. The molecule has 104 valence electrons. The molecule has 1 aliphatic heterocycles. The maximum atomic E-state index is 11.6. The fraction of sp³-hybridized carbons (Fsp3) is 0.833. The third kappa shape index (κ3) is 4.91. The Bertz CT molecular complexity index is 304. The van der Waals surface area contributed by atoms with Gasteiger partial charge in [-0.1, -0.05) is 0 Å². The molecule has 1 amide bonds. The third-order valence-electron chi connectivity index (χ3n) is 2.61. The number of rotatable bonds is 3. The van der Waals surface area contributed by atoms with Crippen LogP contribution in [0, 0.1) is 5.92 Å². The van der Waals surface area contributed by atoms with E-state index < -0.39 is 23.7 Å². The maximum absolute atomic E-state index is 11.6. The number of carbonyl (C=O) groups is 2. The Hall–Kier alpha value is -1.30. The smallest absolute Gasteiger partial charge is 0.408 e. The zero-order valence-electron chi connectivity index (χ0n) is 11.1. The Morgan fingerprint density at radius 1 is 1.44 bits per heavy atom. The second kappa shape index (κ2) is 6.04. The van der Waals surface area contributed by atoms with Crippen LogP contribution in [0.5, 0.6) is 0 Å². The number of carbonyl (C=O) groups excluding carboxylic acids is 1. The van der Waals surface area contributed by atoms with Crippen LogP contribution in [0.25, 0.3) is 0 Å². The van der Waals surface area contributed by atoms with E-state index in [4.69, 9.17) is 14.6 Å². The molecule has 0 spiro atoms. The van der Waals surface area contributed by atoms with Crippen LogP contribution in [0.2, 0.25) is 0 Å².